The summed E-state index contributed by atoms with van der Waals surface area (Å²) in [6.45, 7) is 5.14. The van der Waals surface area contributed by atoms with E-state index in [0.29, 0.717) is 24.3 Å². The molecule has 1 saturated heterocycles. The van der Waals surface area contributed by atoms with Gasteiger partial charge in [-0.15, -0.1) is 6.58 Å². The molecule has 6 nitrogen and oxygen atoms in total. The molecule has 1 aromatic rings. The minimum atomic E-state index is -0.255. The van der Waals surface area contributed by atoms with E-state index in [9.17, 15) is 14.4 Å². The first-order valence-corrected chi connectivity index (χ1v) is 9.18. The standard InChI is InChI=1S/C20H25N3O3/c1-2-11-21-19(25)16-7-3-4-8-17(16)22-18(24)15-6-5-12-23(13-15)20(26)14-9-10-14/h2-4,7-8,14-15H,1,5-6,9-13H2,(H,21,25)(H,22,24). The molecule has 1 aliphatic heterocycles. The summed E-state index contributed by atoms with van der Waals surface area (Å²) in [4.78, 5) is 39.0. The number of carbonyl (C=O) groups excluding carboxylic acids is 3. The third kappa shape index (κ3) is 4.31. The summed E-state index contributed by atoms with van der Waals surface area (Å²) in [7, 11) is 0. The molecule has 6 heteroatoms. The number of hydrogen-bond acceptors (Lipinski definition) is 3. The molecule has 1 aliphatic carbocycles. The molecule has 0 spiro atoms. The number of carbonyl (C=O) groups is 3. The first kappa shape index (κ1) is 18.2. The van der Waals surface area contributed by atoms with Crippen molar-refractivity contribution in [1.29, 1.82) is 0 Å². The monoisotopic (exact) mass is 355 g/mol. The Balaban J connectivity index is 1.65. The molecular weight excluding hydrogens is 330 g/mol. The molecule has 1 unspecified atom stereocenters. The number of nitrogens with one attached hydrogen (secondary N) is 2. The lowest BCUT2D eigenvalue weighted by atomic mass is 9.96. The molecule has 1 aromatic carbocycles. The highest BCUT2D eigenvalue weighted by Gasteiger charge is 2.36. The third-order valence-corrected chi connectivity index (χ3v) is 4.87. The normalized spacial score (nSPS) is 19.5. The predicted molar refractivity (Wildman–Crippen MR) is 99.6 cm³/mol. The molecule has 3 rings (SSSR count). The predicted octanol–water partition coefficient (Wildman–Crippen LogP) is 2.19. The van der Waals surface area contributed by atoms with Crippen LogP contribution in [0, 0.1) is 11.8 Å². The number of amides is 3. The highest BCUT2D eigenvalue weighted by atomic mass is 16.2. The quantitative estimate of drug-likeness (QED) is 0.768. The number of rotatable bonds is 6. The Bertz CT molecular complexity index is 712. The first-order chi connectivity index (χ1) is 12.6. The smallest absolute Gasteiger partial charge is 0.253 e. The Morgan fingerprint density at radius 3 is 2.65 bits per heavy atom. The molecule has 0 aromatic heterocycles. The van der Waals surface area contributed by atoms with Gasteiger partial charge in [0.2, 0.25) is 11.8 Å². The van der Waals surface area contributed by atoms with Crippen LogP contribution in [-0.4, -0.2) is 42.3 Å². The molecule has 3 amide bonds. The zero-order valence-corrected chi connectivity index (χ0v) is 14.9. The van der Waals surface area contributed by atoms with E-state index in [1.54, 1.807) is 30.3 Å². The maximum atomic E-state index is 12.7. The van der Waals surface area contributed by atoms with Gasteiger partial charge in [0.05, 0.1) is 17.2 Å². The van der Waals surface area contributed by atoms with E-state index in [1.807, 2.05) is 4.90 Å². The van der Waals surface area contributed by atoms with Gasteiger partial charge in [-0.3, -0.25) is 14.4 Å². The van der Waals surface area contributed by atoms with E-state index in [-0.39, 0.29) is 29.6 Å². The van der Waals surface area contributed by atoms with Gasteiger partial charge in [-0.25, -0.2) is 0 Å². The minimum absolute atomic E-state index is 0.137. The van der Waals surface area contributed by atoms with Crippen molar-refractivity contribution in [2.75, 3.05) is 25.0 Å². The fourth-order valence-electron chi connectivity index (χ4n) is 3.26. The maximum absolute atomic E-state index is 12.7. The molecule has 138 valence electrons. The Morgan fingerprint density at radius 2 is 1.92 bits per heavy atom. The molecule has 1 saturated carbocycles. The second-order valence-corrected chi connectivity index (χ2v) is 6.93. The third-order valence-electron chi connectivity index (χ3n) is 4.87. The number of nitrogens with zero attached hydrogens (tertiary/aromatic N) is 1. The summed E-state index contributed by atoms with van der Waals surface area (Å²) in [5.74, 6) is -0.272. The lowest BCUT2D eigenvalue weighted by molar-refractivity contribution is -0.135. The van der Waals surface area contributed by atoms with Crippen molar-refractivity contribution in [2.24, 2.45) is 11.8 Å². The van der Waals surface area contributed by atoms with E-state index in [4.69, 9.17) is 0 Å². The van der Waals surface area contributed by atoms with Crippen LogP contribution in [0.15, 0.2) is 36.9 Å². The zero-order chi connectivity index (χ0) is 18.5. The van der Waals surface area contributed by atoms with Gasteiger partial charge in [0, 0.05) is 25.6 Å². The first-order valence-electron chi connectivity index (χ1n) is 9.18. The SMILES string of the molecule is C=CCNC(=O)c1ccccc1NC(=O)C1CCCN(C(=O)C2CC2)C1. The Kier molecular flexibility index (Phi) is 5.71. The summed E-state index contributed by atoms with van der Waals surface area (Å²) in [5, 5.41) is 5.60. The van der Waals surface area contributed by atoms with Crippen LogP contribution in [0.4, 0.5) is 5.69 Å². The van der Waals surface area contributed by atoms with Crippen LogP contribution in [0.2, 0.25) is 0 Å². The van der Waals surface area contributed by atoms with Crippen LogP contribution in [0.3, 0.4) is 0 Å². The molecule has 2 N–H and O–H groups in total. The lowest BCUT2D eigenvalue weighted by Crippen LogP contribution is -2.44. The zero-order valence-electron chi connectivity index (χ0n) is 14.9. The molecule has 1 atom stereocenters. The Morgan fingerprint density at radius 1 is 1.15 bits per heavy atom. The van der Waals surface area contributed by atoms with Crippen LogP contribution in [0.1, 0.15) is 36.0 Å². The van der Waals surface area contributed by atoms with Crippen molar-refractivity contribution in [3.05, 3.63) is 42.5 Å². The van der Waals surface area contributed by atoms with Crippen molar-refractivity contribution >= 4 is 23.4 Å². The van der Waals surface area contributed by atoms with Crippen LogP contribution in [-0.2, 0) is 9.59 Å². The summed E-state index contributed by atoms with van der Waals surface area (Å²) in [6.07, 6.45) is 5.13. The summed E-state index contributed by atoms with van der Waals surface area (Å²) in [6, 6.07) is 6.94. The van der Waals surface area contributed by atoms with Crippen molar-refractivity contribution in [3.63, 3.8) is 0 Å². The highest BCUT2D eigenvalue weighted by molar-refractivity contribution is 6.04. The molecule has 1 heterocycles. The maximum Gasteiger partial charge on any atom is 0.253 e. The van der Waals surface area contributed by atoms with E-state index in [0.717, 1.165) is 32.2 Å². The van der Waals surface area contributed by atoms with Crippen LogP contribution < -0.4 is 10.6 Å². The second-order valence-electron chi connectivity index (χ2n) is 6.93. The molecule has 0 radical (unpaired) electrons. The molecule has 2 aliphatic rings. The lowest BCUT2D eigenvalue weighted by Gasteiger charge is -2.32. The van der Waals surface area contributed by atoms with Crippen molar-refractivity contribution < 1.29 is 14.4 Å². The van der Waals surface area contributed by atoms with Crippen molar-refractivity contribution in [2.45, 2.75) is 25.7 Å². The van der Waals surface area contributed by atoms with Gasteiger partial charge in [-0.1, -0.05) is 18.2 Å². The number of para-hydroxylation sites is 1. The van der Waals surface area contributed by atoms with E-state index < -0.39 is 0 Å². The largest absolute Gasteiger partial charge is 0.349 e. The van der Waals surface area contributed by atoms with Crippen LogP contribution in [0.5, 0.6) is 0 Å². The average Bonchev–Trinajstić information content (AvgIpc) is 3.51. The number of anilines is 1. The minimum Gasteiger partial charge on any atom is -0.349 e. The summed E-state index contributed by atoms with van der Waals surface area (Å²) < 4.78 is 0. The topological polar surface area (TPSA) is 78.5 Å². The van der Waals surface area contributed by atoms with Gasteiger partial charge in [0.25, 0.3) is 5.91 Å². The fraction of sp³-hybridized carbons (Fsp3) is 0.450. The van der Waals surface area contributed by atoms with Crippen molar-refractivity contribution in [1.82, 2.24) is 10.2 Å². The molecule has 0 bridgehead atoms. The summed E-state index contributed by atoms with van der Waals surface area (Å²) >= 11 is 0. The Hall–Kier alpha value is -2.63. The van der Waals surface area contributed by atoms with Crippen LogP contribution >= 0.6 is 0 Å². The number of benzene rings is 1. The second kappa shape index (κ2) is 8.17. The number of hydrogen-bond donors (Lipinski definition) is 2. The van der Waals surface area contributed by atoms with Gasteiger partial charge in [-0.05, 0) is 37.8 Å². The van der Waals surface area contributed by atoms with Gasteiger partial charge < -0.3 is 15.5 Å². The van der Waals surface area contributed by atoms with Gasteiger partial charge in [0.15, 0.2) is 0 Å². The number of likely N-dealkylation sites (tertiary alicyclic amines) is 1. The van der Waals surface area contributed by atoms with E-state index in [1.165, 1.54) is 0 Å². The van der Waals surface area contributed by atoms with E-state index >= 15 is 0 Å². The fourth-order valence-corrected chi connectivity index (χ4v) is 3.26. The summed E-state index contributed by atoms with van der Waals surface area (Å²) in [5.41, 5.74) is 0.911. The Labute approximate surface area is 153 Å². The number of piperidine rings is 1. The molecule has 2 fully saturated rings. The van der Waals surface area contributed by atoms with E-state index in [2.05, 4.69) is 17.2 Å². The molecule has 26 heavy (non-hydrogen) atoms. The van der Waals surface area contributed by atoms with Gasteiger partial charge in [0.1, 0.15) is 0 Å². The van der Waals surface area contributed by atoms with Gasteiger partial charge >= 0.3 is 0 Å². The van der Waals surface area contributed by atoms with Gasteiger partial charge in [-0.2, -0.15) is 0 Å². The highest BCUT2D eigenvalue weighted by Crippen LogP contribution is 2.32. The van der Waals surface area contributed by atoms with Crippen LogP contribution in [0.25, 0.3) is 0 Å². The van der Waals surface area contributed by atoms with Crippen molar-refractivity contribution in [3.8, 4) is 0 Å². The average molecular weight is 355 g/mol. The molecular formula is C20H25N3O3.